The maximum absolute atomic E-state index is 12.2. The van der Waals surface area contributed by atoms with Gasteiger partial charge in [0.15, 0.2) is 5.65 Å². The number of rotatable bonds is 0. The van der Waals surface area contributed by atoms with Crippen molar-refractivity contribution in [2.45, 2.75) is 6.18 Å². The first-order valence-corrected chi connectivity index (χ1v) is 3.44. The van der Waals surface area contributed by atoms with Gasteiger partial charge in [0, 0.05) is 6.20 Å². The fourth-order valence-electron chi connectivity index (χ4n) is 0.992. The van der Waals surface area contributed by atoms with Crippen LogP contribution in [-0.4, -0.2) is 14.6 Å². The van der Waals surface area contributed by atoms with Crippen molar-refractivity contribution in [3.8, 4) is 0 Å². The standard InChI is InChI=1S/C7H4F3N3/c8-7(9,10)5-1-2-13-6(3-5)11-4-12-13/h1-4H. The Morgan fingerprint density at radius 3 is 2.77 bits per heavy atom. The Kier molecular flexibility index (Phi) is 1.51. The first-order valence-electron chi connectivity index (χ1n) is 3.44. The van der Waals surface area contributed by atoms with E-state index in [1.165, 1.54) is 17.0 Å². The van der Waals surface area contributed by atoms with Crippen molar-refractivity contribution in [2.24, 2.45) is 0 Å². The summed E-state index contributed by atoms with van der Waals surface area (Å²) in [7, 11) is 0. The van der Waals surface area contributed by atoms with Crippen LogP contribution in [0.3, 0.4) is 0 Å². The zero-order chi connectivity index (χ0) is 9.47. The number of halogens is 3. The third-order valence-electron chi connectivity index (χ3n) is 1.61. The fourth-order valence-corrected chi connectivity index (χ4v) is 0.992. The summed E-state index contributed by atoms with van der Waals surface area (Å²) in [4.78, 5) is 3.64. The number of hydrogen-bond donors (Lipinski definition) is 0. The lowest BCUT2D eigenvalue weighted by atomic mass is 10.2. The van der Waals surface area contributed by atoms with Crippen molar-refractivity contribution in [3.63, 3.8) is 0 Å². The molecule has 0 aliphatic rings. The number of alkyl halides is 3. The van der Waals surface area contributed by atoms with E-state index in [0.29, 0.717) is 0 Å². The maximum Gasteiger partial charge on any atom is 0.416 e. The SMILES string of the molecule is FC(F)(F)c1ccn2ncnc2c1. The summed E-state index contributed by atoms with van der Waals surface area (Å²) in [5.74, 6) is 0. The quantitative estimate of drug-likeness (QED) is 0.628. The molecule has 0 radical (unpaired) electrons. The molecule has 0 N–H and O–H groups in total. The molecule has 0 aliphatic heterocycles. The molecule has 6 heteroatoms. The molecule has 3 nitrogen and oxygen atoms in total. The Labute approximate surface area is 70.8 Å². The topological polar surface area (TPSA) is 30.2 Å². The summed E-state index contributed by atoms with van der Waals surface area (Å²) >= 11 is 0. The van der Waals surface area contributed by atoms with Gasteiger partial charge in [-0.2, -0.15) is 18.3 Å². The zero-order valence-electron chi connectivity index (χ0n) is 6.28. The second-order valence-corrected chi connectivity index (χ2v) is 2.48. The molecule has 2 heterocycles. The van der Waals surface area contributed by atoms with Gasteiger partial charge in [0.05, 0.1) is 5.56 Å². The number of aromatic nitrogens is 3. The minimum atomic E-state index is -4.33. The van der Waals surface area contributed by atoms with Crippen LogP contribution in [0.2, 0.25) is 0 Å². The molecule has 2 rings (SSSR count). The molecule has 2 aromatic heterocycles. The summed E-state index contributed by atoms with van der Waals surface area (Å²) in [5.41, 5.74) is -0.525. The molecule has 0 saturated carbocycles. The largest absolute Gasteiger partial charge is 0.416 e. The molecule has 13 heavy (non-hydrogen) atoms. The number of hydrogen-bond acceptors (Lipinski definition) is 2. The van der Waals surface area contributed by atoms with Gasteiger partial charge in [-0.3, -0.25) is 0 Å². The van der Waals surface area contributed by atoms with Gasteiger partial charge in [-0.05, 0) is 12.1 Å². The van der Waals surface area contributed by atoms with Crippen LogP contribution in [0.4, 0.5) is 13.2 Å². The molecule has 0 fully saturated rings. The molecule has 0 aromatic carbocycles. The van der Waals surface area contributed by atoms with Gasteiger partial charge in [0.2, 0.25) is 0 Å². The summed E-state index contributed by atoms with van der Waals surface area (Å²) in [6.45, 7) is 0. The molecule has 68 valence electrons. The van der Waals surface area contributed by atoms with Gasteiger partial charge in [-0.15, -0.1) is 0 Å². The molecule has 0 atom stereocenters. The molecule has 0 aliphatic carbocycles. The van der Waals surface area contributed by atoms with E-state index < -0.39 is 11.7 Å². The molecule has 0 amide bonds. The fraction of sp³-hybridized carbons (Fsp3) is 0.143. The smallest absolute Gasteiger partial charge is 0.221 e. The Morgan fingerprint density at radius 1 is 1.31 bits per heavy atom. The predicted octanol–water partition coefficient (Wildman–Crippen LogP) is 1.75. The third kappa shape index (κ3) is 1.34. The monoisotopic (exact) mass is 187 g/mol. The van der Waals surface area contributed by atoms with Crippen molar-refractivity contribution < 1.29 is 13.2 Å². The Hall–Kier alpha value is -1.59. The van der Waals surface area contributed by atoms with E-state index in [1.807, 2.05) is 0 Å². The number of fused-ring (bicyclic) bond motifs is 1. The average molecular weight is 187 g/mol. The zero-order valence-corrected chi connectivity index (χ0v) is 6.28. The van der Waals surface area contributed by atoms with Crippen molar-refractivity contribution in [2.75, 3.05) is 0 Å². The van der Waals surface area contributed by atoms with E-state index in [-0.39, 0.29) is 5.65 Å². The van der Waals surface area contributed by atoms with Crippen LogP contribution in [0.5, 0.6) is 0 Å². The summed E-state index contributed by atoms with van der Waals surface area (Å²) in [5, 5.41) is 3.68. The first kappa shape index (κ1) is 8.03. The van der Waals surface area contributed by atoms with Crippen molar-refractivity contribution in [1.82, 2.24) is 14.6 Å². The normalized spacial score (nSPS) is 12.2. The van der Waals surface area contributed by atoms with E-state index in [0.717, 1.165) is 12.1 Å². The van der Waals surface area contributed by atoms with Crippen LogP contribution in [0.15, 0.2) is 24.7 Å². The lowest BCUT2D eigenvalue weighted by molar-refractivity contribution is -0.137. The van der Waals surface area contributed by atoms with Crippen LogP contribution in [0, 0.1) is 0 Å². The predicted molar refractivity (Wildman–Crippen MR) is 38.0 cm³/mol. The van der Waals surface area contributed by atoms with Gasteiger partial charge in [0.25, 0.3) is 0 Å². The lowest BCUT2D eigenvalue weighted by Crippen LogP contribution is -2.05. The minimum Gasteiger partial charge on any atom is -0.221 e. The maximum atomic E-state index is 12.2. The number of nitrogens with zero attached hydrogens (tertiary/aromatic N) is 3. The highest BCUT2D eigenvalue weighted by Crippen LogP contribution is 2.29. The molecule has 0 unspecified atom stereocenters. The Morgan fingerprint density at radius 2 is 2.08 bits per heavy atom. The summed E-state index contributed by atoms with van der Waals surface area (Å²) in [6, 6.07) is 1.91. The van der Waals surface area contributed by atoms with Crippen LogP contribution < -0.4 is 0 Å². The Balaban J connectivity index is 2.61. The first-order chi connectivity index (χ1) is 6.07. The minimum absolute atomic E-state index is 0.190. The van der Waals surface area contributed by atoms with Crippen LogP contribution in [0.1, 0.15) is 5.56 Å². The van der Waals surface area contributed by atoms with E-state index in [1.54, 1.807) is 0 Å². The van der Waals surface area contributed by atoms with Gasteiger partial charge in [-0.25, -0.2) is 9.50 Å². The van der Waals surface area contributed by atoms with Crippen molar-refractivity contribution in [1.29, 1.82) is 0 Å². The van der Waals surface area contributed by atoms with Gasteiger partial charge in [0.1, 0.15) is 6.33 Å². The van der Waals surface area contributed by atoms with E-state index in [4.69, 9.17) is 0 Å². The van der Waals surface area contributed by atoms with E-state index in [2.05, 4.69) is 10.1 Å². The van der Waals surface area contributed by atoms with Crippen molar-refractivity contribution >= 4 is 5.65 Å². The van der Waals surface area contributed by atoms with Gasteiger partial charge in [-0.1, -0.05) is 0 Å². The highest BCUT2D eigenvalue weighted by Gasteiger charge is 2.30. The Bertz CT molecular complexity index is 432. The summed E-state index contributed by atoms with van der Waals surface area (Å²) < 4.78 is 37.8. The van der Waals surface area contributed by atoms with Crippen molar-refractivity contribution in [3.05, 3.63) is 30.2 Å². The van der Waals surface area contributed by atoms with Crippen LogP contribution >= 0.6 is 0 Å². The molecule has 0 saturated heterocycles. The molecule has 2 aromatic rings. The highest BCUT2D eigenvalue weighted by molar-refractivity contribution is 5.40. The van der Waals surface area contributed by atoms with Gasteiger partial charge >= 0.3 is 6.18 Å². The second-order valence-electron chi connectivity index (χ2n) is 2.48. The lowest BCUT2D eigenvalue weighted by Gasteiger charge is -2.05. The molecule has 0 spiro atoms. The van der Waals surface area contributed by atoms with E-state index in [9.17, 15) is 13.2 Å². The van der Waals surface area contributed by atoms with Crippen LogP contribution in [-0.2, 0) is 6.18 Å². The van der Waals surface area contributed by atoms with Crippen LogP contribution in [0.25, 0.3) is 5.65 Å². The average Bonchev–Trinajstić information content (AvgIpc) is 2.47. The second kappa shape index (κ2) is 2.45. The number of pyridine rings is 1. The highest BCUT2D eigenvalue weighted by atomic mass is 19.4. The summed E-state index contributed by atoms with van der Waals surface area (Å²) in [6.07, 6.45) is -1.89. The molecule has 0 bridgehead atoms. The van der Waals surface area contributed by atoms with Gasteiger partial charge < -0.3 is 0 Å². The van der Waals surface area contributed by atoms with E-state index >= 15 is 0 Å². The molecular weight excluding hydrogens is 183 g/mol. The molecular formula is C7H4F3N3. The third-order valence-corrected chi connectivity index (χ3v) is 1.61.